The number of hydrogen-bond donors (Lipinski definition) is 1. The number of rotatable bonds is 9. The van der Waals surface area contributed by atoms with Gasteiger partial charge in [0.2, 0.25) is 0 Å². The van der Waals surface area contributed by atoms with Gasteiger partial charge in [0, 0.05) is 19.6 Å². The van der Waals surface area contributed by atoms with Crippen LogP contribution in [0.25, 0.3) is 0 Å². The van der Waals surface area contributed by atoms with E-state index in [0.717, 1.165) is 5.56 Å². The third-order valence-electron chi connectivity index (χ3n) is 3.33. The van der Waals surface area contributed by atoms with Crippen LogP contribution in [0.4, 0.5) is 0 Å². The van der Waals surface area contributed by atoms with Crippen molar-refractivity contribution in [2.24, 2.45) is 0 Å². The average molecular weight is 332 g/mol. The zero-order valence-electron chi connectivity index (χ0n) is 14.2. The summed E-state index contributed by atoms with van der Waals surface area (Å²) in [4.78, 5) is 25.3. The van der Waals surface area contributed by atoms with Crippen molar-refractivity contribution in [3.8, 4) is 11.5 Å². The molecule has 1 rings (SSSR count). The maximum absolute atomic E-state index is 12.0. The summed E-state index contributed by atoms with van der Waals surface area (Å²) in [5, 5.41) is 2.62. The zero-order valence-corrected chi connectivity index (χ0v) is 14.2. The van der Waals surface area contributed by atoms with Gasteiger partial charge in [0.1, 0.15) is 0 Å². The van der Waals surface area contributed by atoms with Crippen molar-refractivity contribution in [2.75, 3.05) is 33.9 Å². The maximum Gasteiger partial charge on any atom is 0.312 e. The third kappa shape index (κ3) is 5.46. The fourth-order valence-electron chi connectivity index (χ4n) is 2.13. The lowest BCUT2D eigenvalue weighted by Crippen LogP contribution is -2.43. The largest absolute Gasteiger partial charge is 0.493 e. The number of carbonyl (C=O) groups is 2. The van der Waals surface area contributed by atoms with Crippen molar-refractivity contribution >= 4 is 11.8 Å². The van der Waals surface area contributed by atoms with E-state index in [4.69, 9.17) is 9.47 Å². The highest BCUT2D eigenvalue weighted by Crippen LogP contribution is 2.27. The first-order chi connectivity index (χ1) is 11.6. The quantitative estimate of drug-likeness (QED) is 0.550. The second-order valence-electron chi connectivity index (χ2n) is 4.98. The Balaban J connectivity index is 2.57. The molecule has 0 heterocycles. The van der Waals surface area contributed by atoms with E-state index in [-0.39, 0.29) is 0 Å². The minimum Gasteiger partial charge on any atom is -0.493 e. The number of amides is 2. The van der Waals surface area contributed by atoms with Crippen LogP contribution in [0.5, 0.6) is 11.5 Å². The molecule has 0 saturated heterocycles. The first-order valence-electron chi connectivity index (χ1n) is 7.57. The van der Waals surface area contributed by atoms with Gasteiger partial charge in [-0.2, -0.15) is 0 Å². The molecule has 0 atom stereocenters. The van der Waals surface area contributed by atoms with Crippen LogP contribution < -0.4 is 14.8 Å². The Labute approximate surface area is 142 Å². The van der Waals surface area contributed by atoms with Gasteiger partial charge in [0.25, 0.3) is 0 Å². The van der Waals surface area contributed by atoms with Gasteiger partial charge in [-0.25, -0.2) is 0 Å². The highest BCUT2D eigenvalue weighted by molar-refractivity contribution is 6.35. The number of ether oxygens (including phenoxy) is 2. The van der Waals surface area contributed by atoms with E-state index in [0.29, 0.717) is 37.6 Å². The Morgan fingerprint density at radius 3 is 2.29 bits per heavy atom. The van der Waals surface area contributed by atoms with Crippen LogP contribution in [-0.2, 0) is 16.0 Å². The van der Waals surface area contributed by atoms with E-state index in [1.807, 2.05) is 12.1 Å². The normalized spacial score (nSPS) is 9.75. The molecule has 0 spiro atoms. The highest BCUT2D eigenvalue weighted by Gasteiger charge is 2.19. The monoisotopic (exact) mass is 332 g/mol. The second kappa shape index (κ2) is 10.1. The molecule has 0 aliphatic carbocycles. The second-order valence-corrected chi connectivity index (χ2v) is 4.98. The maximum atomic E-state index is 12.0. The van der Waals surface area contributed by atoms with Crippen molar-refractivity contribution in [3.05, 3.63) is 49.1 Å². The molecular formula is C18H24N2O4. The van der Waals surface area contributed by atoms with Gasteiger partial charge >= 0.3 is 11.8 Å². The summed E-state index contributed by atoms with van der Waals surface area (Å²) in [6.07, 6.45) is 3.71. The molecule has 24 heavy (non-hydrogen) atoms. The van der Waals surface area contributed by atoms with Crippen LogP contribution in [0.2, 0.25) is 0 Å². The van der Waals surface area contributed by atoms with Crippen molar-refractivity contribution in [1.29, 1.82) is 0 Å². The van der Waals surface area contributed by atoms with Gasteiger partial charge < -0.3 is 19.7 Å². The molecular weight excluding hydrogens is 308 g/mol. The summed E-state index contributed by atoms with van der Waals surface area (Å²) in [6, 6.07) is 5.53. The molecule has 0 fully saturated rings. The van der Waals surface area contributed by atoms with Crippen LogP contribution in [0.15, 0.2) is 43.5 Å². The summed E-state index contributed by atoms with van der Waals surface area (Å²) >= 11 is 0. The molecule has 0 saturated carbocycles. The van der Waals surface area contributed by atoms with E-state index < -0.39 is 11.8 Å². The predicted octanol–water partition coefficient (Wildman–Crippen LogP) is 1.56. The average Bonchev–Trinajstić information content (AvgIpc) is 2.60. The summed E-state index contributed by atoms with van der Waals surface area (Å²) in [7, 11) is 3.14. The Morgan fingerprint density at radius 2 is 1.75 bits per heavy atom. The molecule has 0 aliphatic heterocycles. The van der Waals surface area contributed by atoms with Crippen molar-refractivity contribution in [2.45, 2.75) is 6.42 Å². The number of nitrogens with one attached hydrogen (secondary N) is 1. The summed E-state index contributed by atoms with van der Waals surface area (Å²) < 4.78 is 10.4. The summed E-state index contributed by atoms with van der Waals surface area (Å²) in [6.45, 7) is 8.09. The molecule has 6 nitrogen and oxygen atoms in total. The molecule has 0 unspecified atom stereocenters. The number of benzene rings is 1. The fraction of sp³-hybridized carbons (Fsp3) is 0.333. The molecule has 1 aromatic rings. The van der Waals surface area contributed by atoms with Gasteiger partial charge in [-0.3, -0.25) is 9.59 Å². The van der Waals surface area contributed by atoms with E-state index in [1.165, 1.54) is 4.90 Å². The number of methoxy groups -OCH3 is 2. The van der Waals surface area contributed by atoms with E-state index in [2.05, 4.69) is 18.5 Å². The van der Waals surface area contributed by atoms with E-state index in [1.54, 1.807) is 32.4 Å². The SMILES string of the molecule is C=CCN(CC=C)C(=O)C(=O)NCCc1ccc(OC)c(OC)c1. The van der Waals surface area contributed by atoms with Gasteiger partial charge in [-0.15, -0.1) is 13.2 Å². The van der Waals surface area contributed by atoms with Gasteiger partial charge in [-0.1, -0.05) is 18.2 Å². The smallest absolute Gasteiger partial charge is 0.312 e. The Bertz CT molecular complexity index is 589. The predicted molar refractivity (Wildman–Crippen MR) is 93.2 cm³/mol. The highest BCUT2D eigenvalue weighted by atomic mass is 16.5. The third-order valence-corrected chi connectivity index (χ3v) is 3.33. The summed E-state index contributed by atoms with van der Waals surface area (Å²) in [5.41, 5.74) is 0.967. The Hall–Kier alpha value is -2.76. The lowest BCUT2D eigenvalue weighted by Gasteiger charge is -2.18. The molecule has 1 N–H and O–H groups in total. The van der Waals surface area contributed by atoms with Crippen LogP contribution in [0.1, 0.15) is 5.56 Å². The molecule has 0 bridgehead atoms. The molecule has 1 aromatic carbocycles. The summed E-state index contributed by atoms with van der Waals surface area (Å²) in [5.74, 6) is 0.0341. The minimum absolute atomic E-state index is 0.300. The van der Waals surface area contributed by atoms with Gasteiger partial charge in [0.05, 0.1) is 14.2 Å². The van der Waals surface area contributed by atoms with E-state index in [9.17, 15) is 9.59 Å². The molecule has 0 aromatic heterocycles. The Kier molecular flexibility index (Phi) is 8.11. The Morgan fingerprint density at radius 1 is 1.12 bits per heavy atom. The fourth-order valence-corrected chi connectivity index (χ4v) is 2.13. The van der Waals surface area contributed by atoms with Gasteiger partial charge in [0.15, 0.2) is 11.5 Å². The molecule has 130 valence electrons. The minimum atomic E-state index is -0.640. The molecule has 6 heteroatoms. The topological polar surface area (TPSA) is 67.9 Å². The first-order valence-corrected chi connectivity index (χ1v) is 7.57. The lowest BCUT2D eigenvalue weighted by molar-refractivity contribution is -0.145. The molecule has 0 radical (unpaired) electrons. The molecule has 0 aliphatic rings. The number of carbonyl (C=O) groups excluding carboxylic acids is 2. The lowest BCUT2D eigenvalue weighted by atomic mass is 10.1. The van der Waals surface area contributed by atoms with Crippen LogP contribution in [0.3, 0.4) is 0 Å². The first kappa shape index (κ1) is 19.3. The standard InChI is InChI=1S/C18H24N2O4/c1-5-11-20(12-6-2)18(22)17(21)19-10-9-14-7-8-15(23-3)16(13-14)24-4/h5-8,13H,1-2,9-12H2,3-4H3,(H,19,21). The van der Waals surface area contributed by atoms with Crippen molar-refractivity contribution < 1.29 is 19.1 Å². The van der Waals surface area contributed by atoms with Crippen LogP contribution >= 0.6 is 0 Å². The van der Waals surface area contributed by atoms with Crippen molar-refractivity contribution in [1.82, 2.24) is 10.2 Å². The number of hydrogen-bond acceptors (Lipinski definition) is 4. The molecule has 2 amide bonds. The van der Waals surface area contributed by atoms with Gasteiger partial charge in [-0.05, 0) is 24.1 Å². The number of nitrogens with zero attached hydrogens (tertiary/aromatic N) is 1. The van der Waals surface area contributed by atoms with Crippen LogP contribution in [0, 0.1) is 0 Å². The van der Waals surface area contributed by atoms with Crippen molar-refractivity contribution in [3.63, 3.8) is 0 Å². The van der Waals surface area contributed by atoms with E-state index >= 15 is 0 Å². The zero-order chi connectivity index (χ0) is 17.9. The van der Waals surface area contributed by atoms with Crippen LogP contribution in [-0.4, -0.2) is 50.6 Å².